The number of likely N-dealkylation sites (N-methyl/N-ethyl adjacent to an activating group) is 1. The molecule has 34 heavy (non-hydrogen) atoms. The predicted molar refractivity (Wildman–Crippen MR) is 135 cm³/mol. The number of hydrogen-bond acceptors (Lipinski definition) is 6. The highest BCUT2D eigenvalue weighted by Crippen LogP contribution is 2.31. The third-order valence-electron chi connectivity index (χ3n) is 7.29. The van der Waals surface area contributed by atoms with E-state index >= 15 is 0 Å². The maximum absolute atomic E-state index is 12.9. The molecule has 4 N–H and O–H groups in total. The second-order valence-corrected chi connectivity index (χ2v) is 9.94. The Morgan fingerprint density at radius 1 is 1.24 bits per heavy atom. The van der Waals surface area contributed by atoms with Crippen LogP contribution in [0.1, 0.15) is 60.2 Å². The molecule has 2 aromatic rings. The lowest BCUT2D eigenvalue weighted by molar-refractivity contribution is 0.0775. The molecule has 4 rings (SSSR count). The molecule has 0 bridgehead atoms. The molecule has 1 aromatic heterocycles. The first-order chi connectivity index (χ1) is 16.5. The van der Waals surface area contributed by atoms with E-state index < -0.39 is 6.10 Å². The van der Waals surface area contributed by atoms with Gasteiger partial charge in [-0.1, -0.05) is 43.1 Å². The summed E-state index contributed by atoms with van der Waals surface area (Å²) >= 11 is 5.85. The average molecular weight is 486 g/mol. The van der Waals surface area contributed by atoms with Crippen molar-refractivity contribution in [1.82, 2.24) is 26.1 Å². The Kier molecular flexibility index (Phi) is 8.55. The van der Waals surface area contributed by atoms with Crippen LogP contribution in [0.5, 0.6) is 0 Å². The number of aliphatic hydroxyl groups excluding tert-OH is 1. The van der Waals surface area contributed by atoms with Gasteiger partial charge < -0.3 is 15.3 Å². The van der Waals surface area contributed by atoms with Gasteiger partial charge in [-0.2, -0.15) is 0 Å². The first kappa shape index (κ1) is 25.1. The van der Waals surface area contributed by atoms with Gasteiger partial charge in [0.25, 0.3) is 5.91 Å². The molecule has 5 atom stereocenters. The molecule has 1 saturated heterocycles. The standard InChI is InChI=1S/C26H36ClN5O2/c1-3-21(25(33)19-11-12-24(27)29-15-19)28-14-13-17-7-9-18(10-8-17)26(34)32(2)16-23-20-5-4-6-22(20)30-31-23/h7-12,15,20-23,25,28,30-31,33H,3-6,13-14,16H2,1-2H3. The minimum Gasteiger partial charge on any atom is -0.387 e. The molecule has 1 amide bonds. The van der Waals surface area contributed by atoms with Crippen LogP contribution in [0, 0.1) is 5.92 Å². The summed E-state index contributed by atoms with van der Waals surface area (Å²) in [5.41, 5.74) is 9.40. The van der Waals surface area contributed by atoms with E-state index in [1.165, 1.54) is 19.3 Å². The SMILES string of the molecule is CCC(NCCc1ccc(C(=O)N(C)CC2NNC3CCCC32)cc1)C(O)c1ccc(Cl)nc1. The van der Waals surface area contributed by atoms with Crippen LogP contribution in [-0.2, 0) is 6.42 Å². The van der Waals surface area contributed by atoms with Gasteiger partial charge in [0.05, 0.1) is 6.10 Å². The molecule has 2 aliphatic rings. The van der Waals surface area contributed by atoms with Crippen molar-refractivity contribution in [3.63, 3.8) is 0 Å². The number of rotatable bonds is 10. The van der Waals surface area contributed by atoms with Crippen LogP contribution in [0.2, 0.25) is 5.15 Å². The van der Waals surface area contributed by atoms with Gasteiger partial charge in [-0.15, -0.1) is 0 Å². The van der Waals surface area contributed by atoms with E-state index in [0.29, 0.717) is 35.3 Å². The van der Waals surface area contributed by atoms with Crippen LogP contribution in [0.3, 0.4) is 0 Å². The zero-order valence-corrected chi connectivity index (χ0v) is 20.8. The molecular weight excluding hydrogens is 450 g/mol. The molecule has 5 unspecified atom stereocenters. The molecule has 1 aromatic carbocycles. The van der Waals surface area contributed by atoms with E-state index in [2.05, 4.69) is 21.2 Å². The number of aromatic nitrogens is 1. The van der Waals surface area contributed by atoms with Crippen molar-refractivity contribution < 1.29 is 9.90 Å². The molecule has 1 aliphatic carbocycles. The second kappa shape index (κ2) is 11.6. The Balaban J connectivity index is 1.25. The monoisotopic (exact) mass is 485 g/mol. The van der Waals surface area contributed by atoms with Crippen LogP contribution in [0.25, 0.3) is 0 Å². The number of nitrogens with zero attached hydrogens (tertiary/aromatic N) is 2. The molecule has 2 heterocycles. The number of fused-ring (bicyclic) bond motifs is 1. The van der Waals surface area contributed by atoms with E-state index in [4.69, 9.17) is 11.6 Å². The van der Waals surface area contributed by atoms with Gasteiger partial charge in [0.1, 0.15) is 5.15 Å². The summed E-state index contributed by atoms with van der Waals surface area (Å²) in [6.07, 6.45) is 6.30. The van der Waals surface area contributed by atoms with E-state index in [0.717, 1.165) is 30.5 Å². The zero-order chi connectivity index (χ0) is 24.1. The quantitative estimate of drug-likeness (QED) is 0.387. The highest BCUT2D eigenvalue weighted by atomic mass is 35.5. The smallest absolute Gasteiger partial charge is 0.253 e. The Hall–Kier alpha value is -2.03. The van der Waals surface area contributed by atoms with E-state index in [1.54, 1.807) is 12.3 Å². The predicted octanol–water partition coefficient (Wildman–Crippen LogP) is 3.10. The van der Waals surface area contributed by atoms with Crippen LogP contribution in [-0.4, -0.2) is 59.2 Å². The number of halogens is 1. The number of aliphatic hydroxyl groups is 1. The normalized spacial score (nSPS) is 23.5. The lowest BCUT2D eigenvalue weighted by Crippen LogP contribution is -2.43. The molecule has 8 heteroatoms. The number of carbonyl (C=O) groups is 1. The molecule has 7 nitrogen and oxygen atoms in total. The number of hydrazine groups is 1. The van der Waals surface area contributed by atoms with Crippen LogP contribution in [0.15, 0.2) is 42.6 Å². The Morgan fingerprint density at radius 2 is 2.03 bits per heavy atom. The summed E-state index contributed by atoms with van der Waals surface area (Å²) < 4.78 is 0. The van der Waals surface area contributed by atoms with Gasteiger partial charge in [-0.25, -0.2) is 4.98 Å². The Bertz CT molecular complexity index is 939. The fraction of sp³-hybridized carbons (Fsp3) is 0.538. The summed E-state index contributed by atoms with van der Waals surface area (Å²) in [5.74, 6) is 0.671. The van der Waals surface area contributed by atoms with Crippen LogP contribution in [0.4, 0.5) is 0 Å². The van der Waals surface area contributed by atoms with Crippen molar-refractivity contribution in [3.05, 3.63) is 64.4 Å². The molecule has 184 valence electrons. The van der Waals surface area contributed by atoms with Crippen molar-refractivity contribution in [2.75, 3.05) is 20.1 Å². The van der Waals surface area contributed by atoms with Gasteiger partial charge in [0, 0.05) is 49.0 Å². The fourth-order valence-corrected chi connectivity index (χ4v) is 5.35. The first-order valence-corrected chi connectivity index (χ1v) is 12.7. The molecule has 1 saturated carbocycles. The van der Waals surface area contributed by atoms with Gasteiger partial charge in [-0.3, -0.25) is 15.6 Å². The summed E-state index contributed by atoms with van der Waals surface area (Å²) in [5, 5.41) is 14.5. The number of hydrogen-bond donors (Lipinski definition) is 4. The third-order valence-corrected chi connectivity index (χ3v) is 7.52. The van der Waals surface area contributed by atoms with Gasteiger partial charge in [0.2, 0.25) is 0 Å². The number of nitrogens with one attached hydrogen (secondary N) is 3. The first-order valence-electron chi connectivity index (χ1n) is 12.3. The number of amides is 1. The van der Waals surface area contributed by atoms with Crippen molar-refractivity contribution in [2.45, 2.75) is 63.3 Å². The van der Waals surface area contributed by atoms with Crippen molar-refractivity contribution in [3.8, 4) is 0 Å². The second-order valence-electron chi connectivity index (χ2n) is 9.56. The summed E-state index contributed by atoms with van der Waals surface area (Å²) in [7, 11) is 1.89. The number of carbonyl (C=O) groups excluding carboxylic acids is 1. The Labute approximate surface area is 207 Å². The van der Waals surface area contributed by atoms with Gasteiger partial charge in [0.15, 0.2) is 0 Å². The highest BCUT2D eigenvalue weighted by molar-refractivity contribution is 6.29. The lowest BCUT2D eigenvalue weighted by atomic mass is 9.97. The van der Waals surface area contributed by atoms with Crippen molar-refractivity contribution in [1.29, 1.82) is 0 Å². The maximum Gasteiger partial charge on any atom is 0.253 e. The van der Waals surface area contributed by atoms with Crippen LogP contribution >= 0.6 is 11.6 Å². The summed E-state index contributed by atoms with van der Waals surface area (Å²) in [6, 6.07) is 12.2. The van der Waals surface area contributed by atoms with Crippen molar-refractivity contribution in [2.24, 2.45) is 5.92 Å². The fourth-order valence-electron chi connectivity index (χ4n) is 5.24. The van der Waals surface area contributed by atoms with E-state index in [-0.39, 0.29) is 11.9 Å². The minimum atomic E-state index is -0.644. The van der Waals surface area contributed by atoms with Crippen LogP contribution < -0.4 is 16.2 Å². The topological polar surface area (TPSA) is 89.5 Å². The van der Waals surface area contributed by atoms with E-state index in [1.807, 2.05) is 49.2 Å². The molecule has 0 radical (unpaired) electrons. The number of pyridine rings is 1. The zero-order valence-electron chi connectivity index (χ0n) is 20.0. The average Bonchev–Trinajstić information content (AvgIpc) is 3.47. The summed E-state index contributed by atoms with van der Waals surface area (Å²) in [6.45, 7) is 3.49. The number of benzene rings is 1. The minimum absolute atomic E-state index is 0.0543. The third kappa shape index (κ3) is 5.96. The largest absolute Gasteiger partial charge is 0.387 e. The molecule has 2 fully saturated rings. The highest BCUT2D eigenvalue weighted by Gasteiger charge is 2.39. The Morgan fingerprint density at radius 3 is 2.74 bits per heavy atom. The molecule has 1 aliphatic heterocycles. The van der Waals surface area contributed by atoms with E-state index in [9.17, 15) is 9.90 Å². The van der Waals surface area contributed by atoms with Gasteiger partial charge >= 0.3 is 0 Å². The maximum atomic E-state index is 12.9. The molecular formula is C26H36ClN5O2. The molecule has 0 spiro atoms. The summed E-state index contributed by atoms with van der Waals surface area (Å²) in [4.78, 5) is 18.8. The lowest BCUT2D eigenvalue weighted by Gasteiger charge is -2.24. The van der Waals surface area contributed by atoms with Gasteiger partial charge in [-0.05, 0) is 61.9 Å². The van der Waals surface area contributed by atoms with Crippen molar-refractivity contribution >= 4 is 17.5 Å².